The Labute approximate surface area is 132 Å². The molecular weight excluding hydrogens is 362 g/mol. The highest BCUT2D eigenvalue weighted by atomic mass is 79.9. The van der Waals surface area contributed by atoms with Crippen molar-refractivity contribution in [2.45, 2.75) is 23.3 Å². The van der Waals surface area contributed by atoms with E-state index in [9.17, 15) is 13.5 Å². The third-order valence-electron chi connectivity index (χ3n) is 3.48. The van der Waals surface area contributed by atoms with E-state index in [2.05, 4.69) is 20.9 Å². The normalized spacial score (nSPS) is 18.9. The van der Waals surface area contributed by atoms with E-state index in [0.29, 0.717) is 30.5 Å². The highest BCUT2D eigenvalue weighted by molar-refractivity contribution is 9.10. The zero-order valence-electron chi connectivity index (χ0n) is 11.6. The quantitative estimate of drug-likeness (QED) is 0.792. The Morgan fingerprint density at radius 3 is 2.76 bits per heavy atom. The minimum absolute atomic E-state index is 0.00928. The summed E-state index contributed by atoms with van der Waals surface area (Å²) in [5.41, 5.74) is 4.58. The monoisotopic (exact) mass is 379 g/mol. The fraction of sp³-hybridized carbons (Fsp3) is 0.583. The molecule has 1 aromatic heterocycles. The maximum absolute atomic E-state index is 12.6. The number of aliphatic hydroxyl groups is 1. The smallest absolute Gasteiger partial charge is 0.246 e. The maximum atomic E-state index is 12.6. The molecule has 2 rings (SSSR count). The molecule has 118 valence electrons. The Kier molecular flexibility index (Phi) is 4.89. The average Bonchev–Trinajstić information content (AvgIpc) is 2.41. The van der Waals surface area contributed by atoms with E-state index in [-0.39, 0.29) is 17.3 Å². The van der Waals surface area contributed by atoms with Gasteiger partial charge in [0, 0.05) is 50.3 Å². The van der Waals surface area contributed by atoms with Crippen LogP contribution in [0.4, 0.5) is 5.82 Å². The molecule has 1 aliphatic rings. The van der Waals surface area contributed by atoms with Crippen LogP contribution >= 0.6 is 15.9 Å². The predicted molar refractivity (Wildman–Crippen MR) is 81.2 cm³/mol. The van der Waals surface area contributed by atoms with Gasteiger partial charge in [0.15, 0.2) is 0 Å². The molecule has 21 heavy (non-hydrogen) atoms. The summed E-state index contributed by atoms with van der Waals surface area (Å²) in [7, 11) is -2.39. The number of anilines is 1. The lowest BCUT2D eigenvalue weighted by Gasteiger charge is -2.35. The average molecular weight is 380 g/mol. The van der Waals surface area contributed by atoms with Crippen LogP contribution in [-0.2, 0) is 14.8 Å². The number of hydrogen-bond donors (Lipinski definition) is 2. The highest BCUT2D eigenvalue weighted by Crippen LogP contribution is 2.27. The van der Waals surface area contributed by atoms with E-state index in [1.54, 1.807) is 0 Å². The van der Waals surface area contributed by atoms with Crippen LogP contribution in [0.25, 0.3) is 0 Å². The first-order valence-electron chi connectivity index (χ1n) is 6.42. The molecule has 0 aromatic carbocycles. The van der Waals surface area contributed by atoms with Crippen molar-refractivity contribution in [1.82, 2.24) is 9.29 Å². The first-order chi connectivity index (χ1) is 9.74. The van der Waals surface area contributed by atoms with Crippen molar-refractivity contribution in [2.24, 2.45) is 0 Å². The number of likely N-dealkylation sites (N-methyl/N-ethyl adjacent to an activating group) is 1. The van der Waals surface area contributed by atoms with E-state index in [4.69, 9.17) is 10.5 Å². The topological polar surface area (TPSA) is 106 Å². The largest absolute Gasteiger partial charge is 0.388 e. The van der Waals surface area contributed by atoms with Crippen LogP contribution in [0.5, 0.6) is 0 Å². The molecule has 0 spiro atoms. The Morgan fingerprint density at radius 2 is 2.14 bits per heavy atom. The van der Waals surface area contributed by atoms with Gasteiger partial charge in [0.25, 0.3) is 0 Å². The lowest BCUT2D eigenvalue weighted by molar-refractivity contribution is -0.0689. The Hall–Kier alpha value is -0.740. The highest BCUT2D eigenvalue weighted by Gasteiger charge is 2.35. The summed E-state index contributed by atoms with van der Waals surface area (Å²) in [6.45, 7) is 0.834. The third-order valence-corrected chi connectivity index (χ3v) is 5.74. The van der Waals surface area contributed by atoms with Crippen molar-refractivity contribution in [3.05, 3.63) is 16.7 Å². The molecular formula is C12H18BrN3O4S. The van der Waals surface area contributed by atoms with Crippen LogP contribution in [0.2, 0.25) is 0 Å². The number of nitrogen functional groups attached to an aromatic ring is 1. The van der Waals surface area contributed by atoms with Gasteiger partial charge in [-0.2, -0.15) is 4.31 Å². The number of nitrogens with zero attached hydrogens (tertiary/aromatic N) is 2. The van der Waals surface area contributed by atoms with Gasteiger partial charge < -0.3 is 15.6 Å². The van der Waals surface area contributed by atoms with Gasteiger partial charge in [-0.1, -0.05) is 0 Å². The Morgan fingerprint density at radius 1 is 1.52 bits per heavy atom. The van der Waals surface area contributed by atoms with E-state index in [1.165, 1.54) is 19.3 Å². The molecule has 0 radical (unpaired) electrons. The summed E-state index contributed by atoms with van der Waals surface area (Å²) in [4.78, 5) is 3.76. The van der Waals surface area contributed by atoms with Gasteiger partial charge in [-0.05, 0) is 22.0 Å². The van der Waals surface area contributed by atoms with E-state index in [1.807, 2.05) is 0 Å². The number of aromatic nitrogens is 1. The van der Waals surface area contributed by atoms with Gasteiger partial charge in [-0.25, -0.2) is 13.4 Å². The lowest BCUT2D eigenvalue weighted by Crippen LogP contribution is -2.47. The van der Waals surface area contributed by atoms with Crippen molar-refractivity contribution in [3.8, 4) is 0 Å². The molecule has 0 amide bonds. The molecule has 0 bridgehead atoms. The third kappa shape index (κ3) is 3.72. The standard InChI is InChI=1S/C12H18BrN3O4S/c1-16(8-12(17)2-4-20-5-3-12)21(18,19)10-6-9(13)7-15-11(10)14/h6-7,17H,2-5,8H2,1H3,(H2,14,15). The van der Waals surface area contributed by atoms with Gasteiger partial charge >= 0.3 is 0 Å². The molecule has 3 N–H and O–H groups in total. The first kappa shape index (κ1) is 16.6. The molecule has 1 fully saturated rings. The van der Waals surface area contributed by atoms with Gasteiger partial charge in [0.2, 0.25) is 10.0 Å². The Balaban J connectivity index is 2.24. The molecule has 0 saturated carbocycles. The summed E-state index contributed by atoms with van der Waals surface area (Å²) in [5.74, 6) is -0.0657. The molecule has 1 aromatic rings. The number of hydrogen-bond acceptors (Lipinski definition) is 6. The van der Waals surface area contributed by atoms with Crippen LogP contribution < -0.4 is 5.73 Å². The number of nitrogens with two attached hydrogens (primary N) is 1. The van der Waals surface area contributed by atoms with Crippen LogP contribution in [-0.4, -0.2) is 55.2 Å². The number of halogens is 1. The summed E-state index contributed by atoms with van der Waals surface area (Å²) in [6, 6.07) is 1.40. The van der Waals surface area contributed by atoms with Crippen molar-refractivity contribution in [3.63, 3.8) is 0 Å². The van der Waals surface area contributed by atoms with Crippen molar-refractivity contribution < 1.29 is 18.3 Å². The predicted octanol–water partition coefficient (Wildman–Crippen LogP) is 0.588. The molecule has 1 aliphatic heterocycles. The maximum Gasteiger partial charge on any atom is 0.246 e. The summed E-state index contributed by atoms with van der Waals surface area (Å²) >= 11 is 3.18. The zero-order valence-corrected chi connectivity index (χ0v) is 14.0. The fourth-order valence-electron chi connectivity index (χ4n) is 2.21. The lowest BCUT2D eigenvalue weighted by atomic mass is 9.95. The fourth-order valence-corrected chi connectivity index (χ4v) is 4.04. The van der Waals surface area contributed by atoms with Crippen LogP contribution in [0.3, 0.4) is 0 Å². The number of pyridine rings is 1. The molecule has 1 saturated heterocycles. The van der Waals surface area contributed by atoms with Crippen molar-refractivity contribution in [1.29, 1.82) is 0 Å². The summed E-state index contributed by atoms with van der Waals surface area (Å²) in [5, 5.41) is 10.4. The van der Waals surface area contributed by atoms with Crippen LogP contribution in [0.15, 0.2) is 21.6 Å². The van der Waals surface area contributed by atoms with Gasteiger partial charge in [0.1, 0.15) is 10.7 Å². The second-order valence-electron chi connectivity index (χ2n) is 5.13. The molecule has 0 aliphatic carbocycles. The van der Waals surface area contributed by atoms with Crippen molar-refractivity contribution in [2.75, 3.05) is 32.5 Å². The number of ether oxygens (including phenoxy) is 1. The van der Waals surface area contributed by atoms with E-state index >= 15 is 0 Å². The minimum Gasteiger partial charge on any atom is -0.388 e. The van der Waals surface area contributed by atoms with Crippen LogP contribution in [0, 0.1) is 0 Å². The zero-order chi connectivity index (χ0) is 15.7. The van der Waals surface area contributed by atoms with Gasteiger partial charge in [0.05, 0.1) is 5.60 Å². The second kappa shape index (κ2) is 6.17. The van der Waals surface area contributed by atoms with Crippen molar-refractivity contribution >= 4 is 31.8 Å². The Bertz CT molecular complexity index is 617. The first-order valence-corrected chi connectivity index (χ1v) is 8.65. The second-order valence-corrected chi connectivity index (χ2v) is 8.06. The molecule has 0 unspecified atom stereocenters. The molecule has 0 atom stereocenters. The van der Waals surface area contributed by atoms with Gasteiger partial charge in [-0.3, -0.25) is 0 Å². The van der Waals surface area contributed by atoms with E-state index < -0.39 is 15.6 Å². The minimum atomic E-state index is -3.81. The SMILES string of the molecule is CN(CC1(O)CCOCC1)S(=O)(=O)c1cc(Br)cnc1N. The number of sulfonamides is 1. The van der Waals surface area contributed by atoms with Gasteiger partial charge in [-0.15, -0.1) is 0 Å². The summed E-state index contributed by atoms with van der Waals surface area (Å²) in [6.07, 6.45) is 2.23. The summed E-state index contributed by atoms with van der Waals surface area (Å²) < 4.78 is 31.9. The molecule has 2 heterocycles. The van der Waals surface area contributed by atoms with E-state index in [0.717, 1.165) is 4.31 Å². The van der Waals surface area contributed by atoms with Crippen LogP contribution in [0.1, 0.15) is 12.8 Å². The molecule has 7 nitrogen and oxygen atoms in total. The number of rotatable bonds is 4. The molecule has 9 heteroatoms.